The Morgan fingerprint density at radius 1 is 1.23 bits per heavy atom. The van der Waals surface area contributed by atoms with Crippen LogP contribution in [0, 0.1) is 5.92 Å². The molecule has 1 saturated heterocycles. The Bertz CT molecular complexity index is 1260. The molecule has 0 spiro atoms. The van der Waals surface area contributed by atoms with E-state index in [4.69, 9.17) is 4.74 Å². The molecule has 0 bridgehead atoms. The summed E-state index contributed by atoms with van der Waals surface area (Å²) in [5, 5.41) is 6.48. The van der Waals surface area contributed by atoms with Crippen LogP contribution in [0.2, 0.25) is 0 Å². The minimum atomic E-state index is -0.355. The molecule has 1 aromatic carbocycles. The van der Waals surface area contributed by atoms with Gasteiger partial charge in [-0.15, -0.1) is 0 Å². The minimum Gasteiger partial charge on any atom is -0.492 e. The van der Waals surface area contributed by atoms with E-state index in [0.717, 1.165) is 12.8 Å². The summed E-state index contributed by atoms with van der Waals surface area (Å²) in [7, 11) is 0. The number of amides is 2. The predicted molar refractivity (Wildman–Crippen MR) is 136 cm³/mol. The fourth-order valence-electron chi connectivity index (χ4n) is 4.01. The van der Waals surface area contributed by atoms with Gasteiger partial charge in [0.05, 0.1) is 12.3 Å². The monoisotopic (exact) mass is 498 g/mol. The maximum atomic E-state index is 13.0. The molecule has 0 unspecified atom stereocenters. The van der Waals surface area contributed by atoms with Crippen molar-refractivity contribution >= 4 is 44.3 Å². The van der Waals surface area contributed by atoms with E-state index in [1.54, 1.807) is 18.2 Å². The molecule has 2 N–H and O–H groups in total. The van der Waals surface area contributed by atoms with Crippen molar-refractivity contribution in [2.75, 3.05) is 29.9 Å². The van der Waals surface area contributed by atoms with E-state index in [9.17, 15) is 14.4 Å². The summed E-state index contributed by atoms with van der Waals surface area (Å²) in [5.41, 5.74) is 0.609. The van der Waals surface area contributed by atoms with Gasteiger partial charge in [-0.3, -0.25) is 19.0 Å². The number of hydrogen-bond acceptors (Lipinski definition) is 8. The van der Waals surface area contributed by atoms with Gasteiger partial charge in [0.1, 0.15) is 23.3 Å². The van der Waals surface area contributed by atoms with E-state index in [2.05, 4.69) is 25.5 Å². The van der Waals surface area contributed by atoms with Crippen LogP contribution >= 0.6 is 11.3 Å². The zero-order chi connectivity index (χ0) is 24.9. The number of thiazole rings is 1. The molecule has 1 aliphatic heterocycles. The molecule has 1 aliphatic rings. The molecule has 0 radical (unpaired) electrons. The maximum Gasteiger partial charge on any atom is 0.273 e. The molecule has 3 heterocycles. The maximum absolute atomic E-state index is 13.0. The average molecular weight is 499 g/mol. The fraction of sp³-hybridized carbons (Fsp3) is 0.458. The van der Waals surface area contributed by atoms with Crippen LogP contribution in [0.1, 0.15) is 33.6 Å². The smallest absolute Gasteiger partial charge is 0.273 e. The molecule has 1 fully saturated rings. The number of nitrogens with one attached hydrogen (secondary N) is 2. The van der Waals surface area contributed by atoms with Crippen molar-refractivity contribution < 1.29 is 14.3 Å². The first-order valence-corrected chi connectivity index (χ1v) is 12.6. The number of carbonyl (C=O) groups is 2. The molecule has 186 valence electrons. The number of ether oxygens (including phenoxy) is 1. The summed E-state index contributed by atoms with van der Waals surface area (Å²) in [4.78, 5) is 48.9. The van der Waals surface area contributed by atoms with Crippen molar-refractivity contribution in [3.8, 4) is 5.75 Å². The lowest BCUT2D eigenvalue weighted by molar-refractivity contribution is -0.126. The first kappa shape index (κ1) is 24.6. The van der Waals surface area contributed by atoms with Gasteiger partial charge in [0.2, 0.25) is 11.8 Å². The molecular formula is C24H30N6O4S. The molecule has 10 nitrogen and oxygen atoms in total. The highest BCUT2D eigenvalue weighted by Gasteiger charge is 2.27. The van der Waals surface area contributed by atoms with Crippen LogP contribution in [0.3, 0.4) is 0 Å². The lowest BCUT2D eigenvalue weighted by atomic mass is 9.96. The second-order valence-electron chi connectivity index (χ2n) is 8.73. The summed E-state index contributed by atoms with van der Waals surface area (Å²) in [6.45, 7) is 7.45. The summed E-state index contributed by atoms with van der Waals surface area (Å²) in [5.74, 6) is 0.300. The van der Waals surface area contributed by atoms with E-state index in [1.807, 2.05) is 26.8 Å². The van der Waals surface area contributed by atoms with Crippen LogP contribution in [0.25, 0.3) is 10.3 Å². The lowest BCUT2D eigenvalue weighted by Gasteiger charge is -2.31. The zero-order valence-corrected chi connectivity index (χ0v) is 20.9. The van der Waals surface area contributed by atoms with Crippen molar-refractivity contribution in [2.24, 2.45) is 5.92 Å². The third kappa shape index (κ3) is 5.79. The number of carbonyl (C=O) groups excluding carboxylic acids is 2. The van der Waals surface area contributed by atoms with Gasteiger partial charge >= 0.3 is 0 Å². The van der Waals surface area contributed by atoms with Gasteiger partial charge in [0, 0.05) is 25.0 Å². The van der Waals surface area contributed by atoms with Gasteiger partial charge in [-0.1, -0.05) is 23.5 Å². The second kappa shape index (κ2) is 10.9. The number of benzene rings is 1. The normalized spacial score (nSPS) is 14.3. The SMILES string of the molecule is CCOc1ccccc1NC(=O)Cn1cnc2nc(N3CCC(C(=O)NC(C)C)CC3)sc2c1=O. The quantitative estimate of drug-likeness (QED) is 0.490. The number of anilines is 2. The molecular weight excluding hydrogens is 468 g/mol. The first-order chi connectivity index (χ1) is 16.9. The molecule has 0 atom stereocenters. The summed E-state index contributed by atoms with van der Waals surface area (Å²) in [6.07, 6.45) is 2.82. The Labute approximate surface area is 207 Å². The largest absolute Gasteiger partial charge is 0.492 e. The van der Waals surface area contributed by atoms with Crippen LogP contribution < -0.4 is 25.8 Å². The van der Waals surface area contributed by atoms with Gasteiger partial charge < -0.3 is 20.3 Å². The molecule has 2 aromatic heterocycles. The lowest BCUT2D eigenvalue weighted by Crippen LogP contribution is -2.42. The van der Waals surface area contributed by atoms with E-state index < -0.39 is 0 Å². The number of rotatable bonds is 8. The standard InChI is InChI=1S/C24H30N6O4S/c1-4-34-18-8-6-5-7-17(18)27-19(31)13-30-14-25-21-20(23(30)33)35-24(28-21)29-11-9-16(10-12-29)22(32)26-15(2)3/h5-8,14-16H,4,9-13H2,1-3H3,(H,26,32)(H,27,31). The first-order valence-electron chi connectivity index (χ1n) is 11.8. The molecule has 4 rings (SSSR count). The predicted octanol–water partition coefficient (Wildman–Crippen LogP) is 2.63. The van der Waals surface area contributed by atoms with Crippen LogP contribution in [-0.2, 0) is 16.1 Å². The molecule has 35 heavy (non-hydrogen) atoms. The van der Waals surface area contributed by atoms with Crippen molar-refractivity contribution in [3.63, 3.8) is 0 Å². The van der Waals surface area contributed by atoms with E-state index >= 15 is 0 Å². The number of hydrogen-bond donors (Lipinski definition) is 2. The second-order valence-corrected chi connectivity index (χ2v) is 9.71. The highest BCUT2D eigenvalue weighted by molar-refractivity contribution is 7.22. The number of aromatic nitrogens is 3. The third-order valence-electron chi connectivity index (χ3n) is 5.71. The van der Waals surface area contributed by atoms with E-state index in [0.29, 0.717) is 46.6 Å². The number of piperidine rings is 1. The minimum absolute atomic E-state index is 0.00949. The van der Waals surface area contributed by atoms with Gasteiger partial charge in [0.15, 0.2) is 10.8 Å². The Morgan fingerprint density at radius 3 is 2.69 bits per heavy atom. The van der Waals surface area contributed by atoms with E-state index in [-0.39, 0.29) is 35.9 Å². The van der Waals surface area contributed by atoms with E-state index in [1.165, 1.54) is 22.2 Å². The van der Waals surface area contributed by atoms with Gasteiger partial charge in [0.25, 0.3) is 5.56 Å². The van der Waals surface area contributed by atoms with Crippen LogP contribution in [0.4, 0.5) is 10.8 Å². The average Bonchev–Trinajstić information content (AvgIpc) is 3.27. The Kier molecular flexibility index (Phi) is 7.64. The van der Waals surface area contributed by atoms with Gasteiger partial charge in [-0.2, -0.15) is 4.98 Å². The van der Waals surface area contributed by atoms with Crippen molar-refractivity contribution in [1.29, 1.82) is 0 Å². The highest BCUT2D eigenvalue weighted by atomic mass is 32.1. The highest BCUT2D eigenvalue weighted by Crippen LogP contribution is 2.29. The topological polar surface area (TPSA) is 118 Å². The summed E-state index contributed by atoms with van der Waals surface area (Å²) >= 11 is 1.27. The summed E-state index contributed by atoms with van der Waals surface area (Å²) < 4.78 is 7.23. The zero-order valence-electron chi connectivity index (χ0n) is 20.1. The summed E-state index contributed by atoms with van der Waals surface area (Å²) in [6, 6.07) is 7.28. The third-order valence-corrected chi connectivity index (χ3v) is 6.81. The van der Waals surface area contributed by atoms with Crippen LogP contribution in [-0.4, -0.2) is 52.1 Å². The van der Waals surface area contributed by atoms with Crippen molar-refractivity contribution in [1.82, 2.24) is 19.9 Å². The Hall–Kier alpha value is -3.47. The molecule has 3 aromatic rings. The van der Waals surface area contributed by atoms with Crippen molar-refractivity contribution in [2.45, 2.75) is 46.2 Å². The molecule has 11 heteroatoms. The van der Waals surface area contributed by atoms with Gasteiger partial charge in [-0.25, -0.2) is 4.98 Å². The van der Waals surface area contributed by atoms with Crippen LogP contribution in [0.15, 0.2) is 35.4 Å². The molecule has 0 saturated carbocycles. The Balaban J connectivity index is 1.44. The number of para-hydroxylation sites is 2. The van der Waals surface area contributed by atoms with Crippen molar-refractivity contribution in [3.05, 3.63) is 40.9 Å². The Morgan fingerprint density at radius 2 is 1.97 bits per heavy atom. The van der Waals surface area contributed by atoms with Gasteiger partial charge in [-0.05, 0) is 45.7 Å². The van der Waals surface area contributed by atoms with Crippen LogP contribution in [0.5, 0.6) is 5.75 Å². The number of fused-ring (bicyclic) bond motifs is 1. The molecule has 2 amide bonds. The fourth-order valence-corrected chi connectivity index (χ4v) is 5.03. The number of nitrogens with zero attached hydrogens (tertiary/aromatic N) is 4. The molecule has 0 aliphatic carbocycles.